The first-order chi connectivity index (χ1) is 8.86. The van der Waals surface area contributed by atoms with Gasteiger partial charge < -0.3 is 10.1 Å². The molecule has 2 heterocycles. The molecule has 2 rings (SSSR count). The van der Waals surface area contributed by atoms with E-state index in [1.807, 2.05) is 12.2 Å². The zero-order chi connectivity index (χ0) is 12.6. The minimum atomic E-state index is -0.110. The Labute approximate surface area is 106 Å². The summed E-state index contributed by atoms with van der Waals surface area (Å²) in [5.74, 6) is -0.110. The molecule has 1 N–H and O–H groups in total. The molecule has 0 saturated carbocycles. The first-order valence-electron chi connectivity index (χ1n) is 5.98. The lowest BCUT2D eigenvalue weighted by Crippen LogP contribution is -2.23. The number of nitrogens with one attached hydrogen (secondary N) is 1. The monoisotopic (exact) mass is 244 g/mol. The lowest BCUT2D eigenvalue weighted by atomic mass is 10.2. The van der Waals surface area contributed by atoms with Crippen LogP contribution in [-0.4, -0.2) is 30.6 Å². The Bertz CT molecular complexity index is 452. The predicted molar refractivity (Wildman–Crippen MR) is 69.2 cm³/mol. The van der Waals surface area contributed by atoms with Crippen molar-refractivity contribution >= 4 is 5.91 Å². The highest BCUT2D eigenvalue weighted by molar-refractivity contribution is 5.93. The maximum atomic E-state index is 11.7. The van der Waals surface area contributed by atoms with Crippen molar-refractivity contribution in [3.8, 4) is 0 Å². The van der Waals surface area contributed by atoms with Crippen LogP contribution >= 0.6 is 0 Å². The molecule has 0 atom stereocenters. The molecule has 0 bridgehead atoms. The summed E-state index contributed by atoms with van der Waals surface area (Å²) in [6.45, 7) is 1.97. The molecule has 94 valence electrons. The van der Waals surface area contributed by atoms with Crippen molar-refractivity contribution in [1.29, 1.82) is 0 Å². The molecule has 0 fully saturated rings. The third kappa shape index (κ3) is 3.82. The fourth-order valence-corrected chi connectivity index (χ4v) is 1.65. The van der Waals surface area contributed by atoms with Crippen LogP contribution in [0, 0.1) is 0 Å². The highest BCUT2D eigenvalue weighted by Crippen LogP contribution is 2.06. The largest absolute Gasteiger partial charge is 0.376 e. The lowest BCUT2D eigenvalue weighted by Gasteiger charge is -2.09. The van der Waals surface area contributed by atoms with Crippen LogP contribution in [-0.2, 0) is 4.74 Å². The molecule has 0 radical (unpaired) electrons. The molecule has 0 saturated heterocycles. The molecule has 1 amide bonds. The Kier molecular flexibility index (Phi) is 4.67. The standard InChI is InChI=1S/C14H16N2O2/c17-14(13-6-2-7-15-10-13)16-8-1-4-12-5-3-9-18-11-12/h1-2,4-7,10H,3,8-9,11H2,(H,16,17). The first-order valence-corrected chi connectivity index (χ1v) is 5.98. The Balaban J connectivity index is 1.77. The second-order valence-corrected chi connectivity index (χ2v) is 3.97. The van der Waals surface area contributed by atoms with Crippen LogP contribution in [0.15, 0.2) is 48.3 Å². The van der Waals surface area contributed by atoms with Gasteiger partial charge in [-0.05, 0) is 24.1 Å². The second-order valence-electron chi connectivity index (χ2n) is 3.97. The SMILES string of the molecule is O=C(NCC=CC1=CCCOC1)c1cccnc1. The van der Waals surface area contributed by atoms with Crippen LogP contribution in [0.1, 0.15) is 16.8 Å². The van der Waals surface area contributed by atoms with E-state index in [0.29, 0.717) is 18.7 Å². The Morgan fingerprint density at radius 1 is 1.56 bits per heavy atom. The van der Waals surface area contributed by atoms with Gasteiger partial charge in [0.1, 0.15) is 0 Å². The lowest BCUT2D eigenvalue weighted by molar-refractivity contribution is 0.0957. The zero-order valence-electron chi connectivity index (χ0n) is 10.1. The highest BCUT2D eigenvalue weighted by atomic mass is 16.5. The van der Waals surface area contributed by atoms with E-state index < -0.39 is 0 Å². The van der Waals surface area contributed by atoms with Gasteiger partial charge in [-0.3, -0.25) is 9.78 Å². The molecule has 1 aromatic rings. The molecule has 0 aliphatic carbocycles. The minimum absolute atomic E-state index is 0.110. The van der Waals surface area contributed by atoms with Crippen LogP contribution in [0.2, 0.25) is 0 Å². The van der Waals surface area contributed by atoms with E-state index in [0.717, 1.165) is 18.6 Å². The van der Waals surface area contributed by atoms with E-state index in [9.17, 15) is 4.79 Å². The number of carbonyl (C=O) groups excluding carboxylic acids is 1. The summed E-state index contributed by atoms with van der Waals surface area (Å²) < 4.78 is 5.31. The van der Waals surface area contributed by atoms with E-state index in [1.54, 1.807) is 24.5 Å². The van der Waals surface area contributed by atoms with E-state index in [4.69, 9.17) is 4.74 Å². The highest BCUT2D eigenvalue weighted by Gasteiger charge is 2.02. The Morgan fingerprint density at radius 2 is 2.50 bits per heavy atom. The second kappa shape index (κ2) is 6.71. The van der Waals surface area contributed by atoms with Crippen LogP contribution in [0.4, 0.5) is 0 Å². The molecule has 4 heteroatoms. The van der Waals surface area contributed by atoms with E-state index in [1.165, 1.54) is 0 Å². The Hall–Kier alpha value is -1.94. The van der Waals surface area contributed by atoms with Crippen molar-refractivity contribution in [1.82, 2.24) is 10.3 Å². The maximum Gasteiger partial charge on any atom is 0.253 e. The van der Waals surface area contributed by atoms with Crippen molar-refractivity contribution in [2.45, 2.75) is 6.42 Å². The topological polar surface area (TPSA) is 51.2 Å². The van der Waals surface area contributed by atoms with Gasteiger partial charge in [0.15, 0.2) is 0 Å². The zero-order valence-corrected chi connectivity index (χ0v) is 10.1. The fraction of sp³-hybridized carbons (Fsp3) is 0.286. The predicted octanol–water partition coefficient (Wildman–Crippen LogP) is 1.71. The minimum Gasteiger partial charge on any atom is -0.376 e. The summed E-state index contributed by atoms with van der Waals surface area (Å²) in [4.78, 5) is 15.6. The molecule has 4 nitrogen and oxygen atoms in total. The smallest absolute Gasteiger partial charge is 0.253 e. The van der Waals surface area contributed by atoms with Gasteiger partial charge in [0.2, 0.25) is 0 Å². The fourth-order valence-electron chi connectivity index (χ4n) is 1.65. The number of hydrogen-bond acceptors (Lipinski definition) is 3. The van der Waals surface area contributed by atoms with E-state index in [2.05, 4.69) is 16.4 Å². The summed E-state index contributed by atoms with van der Waals surface area (Å²) in [5.41, 5.74) is 1.74. The van der Waals surface area contributed by atoms with Crippen LogP contribution in [0.25, 0.3) is 0 Å². The molecular formula is C14H16N2O2. The molecule has 18 heavy (non-hydrogen) atoms. The number of amides is 1. The third-order valence-electron chi connectivity index (χ3n) is 2.57. The molecule has 1 aromatic heterocycles. The summed E-state index contributed by atoms with van der Waals surface area (Å²) in [6.07, 6.45) is 10.2. The van der Waals surface area contributed by atoms with E-state index >= 15 is 0 Å². The van der Waals surface area contributed by atoms with Crippen molar-refractivity contribution in [2.75, 3.05) is 19.8 Å². The molecule has 0 aromatic carbocycles. The number of pyridine rings is 1. The molecule has 0 spiro atoms. The summed E-state index contributed by atoms with van der Waals surface area (Å²) in [5, 5.41) is 2.80. The molecular weight excluding hydrogens is 228 g/mol. The van der Waals surface area contributed by atoms with Crippen LogP contribution < -0.4 is 5.32 Å². The summed E-state index contributed by atoms with van der Waals surface area (Å²) in [6, 6.07) is 3.48. The number of nitrogens with zero attached hydrogens (tertiary/aromatic N) is 1. The van der Waals surface area contributed by atoms with Crippen LogP contribution in [0.5, 0.6) is 0 Å². The van der Waals surface area contributed by atoms with Crippen molar-refractivity contribution in [2.24, 2.45) is 0 Å². The normalized spacial score (nSPS) is 15.4. The van der Waals surface area contributed by atoms with Gasteiger partial charge in [0.25, 0.3) is 5.91 Å². The maximum absolute atomic E-state index is 11.7. The van der Waals surface area contributed by atoms with Gasteiger partial charge in [-0.15, -0.1) is 0 Å². The van der Waals surface area contributed by atoms with Crippen LogP contribution in [0.3, 0.4) is 0 Å². The molecule has 0 unspecified atom stereocenters. The first kappa shape index (κ1) is 12.5. The number of hydrogen-bond donors (Lipinski definition) is 1. The number of rotatable bonds is 4. The van der Waals surface area contributed by atoms with Crippen molar-refractivity contribution < 1.29 is 9.53 Å². The Morgan fingerprint density at radius 3 is 3.22 bits per heavy atom. The van der Waals surface area contributed by atoms with Gasteiger partial charge in [0, 0.05) is 18.9 Å². The van der Waals surface area contributed by atoms with Crippen molar-refractivity contribution in [3.05, 3.63) is 53.9 Å². The number of aromatic nitrogens is 1. The quantitative estimate of drug-likeness (QED) is 0.877. The van der Waals surface area contributed by atoms with Gasteiger partial charge >= 0.3 is 0 Å². The number of ether oxygens (including phenoxy) is 1. The molecule has 1 aliphatic heterocycles. The summed E-state index contributed by atoms with van der Waals surface area (Å²) in [7, 11) is 0. The average molecular weight is 244 g/mol. The average Bonchev–Trinajstić information content (AvgIpc) is 2.45. The van der Waals surface area contributed by atoms with Gasteiger partial charge in [-0.2, -0.15) is 0 Å². The van der Waals surface area contributed by atoms with Gasteiger partial charge in [0.05, 0.1) is 18.8 Å². The van der Waals surface area contributed by atoms with Gasteiger partial charge in [-0.1, -0.05) is 18.2 Å². The van der Waals surface area contributed by atoms with E-state index in [-0.39, 0.29) is 5.91 Å². The number of carbonyl (C=O) groups is 1. The molecule has 1 aliphatic rings. The third-order valence-corrected chi connectivity index (χ3v) is 2.57. The van der Waals surface area contributed by atoms with Gasteiger partial charge in [-0.25, -0.2) is 0 Å². The summed E-state index contributed by atoms with van der Waals surface area (Å²) >= 11 is 0. The van der Waals surface area contributed by atoms with Crippen molar-refractivity contribution in [3.63, 3.8) is 0 Å².